The highest BCUT2D eigenvalue weighted by molar-refractivity contribution is 4.65. The fourth-order valence-corrected chi connectivity index (χ4v) is 1.24. The number of likely N-dealkylation sites (N-methyl/N-ethyl adjacent to an activating group) is 1. The molecule has 0 spiro atoms. The first-order valence-electron chi connectivity index (χ1n) is 5.77. The predicted octanol–water partition coefficient (Wildman–Crippen LogP) is 2.06. The molecule has 0 rings (SSSR count). The van der Waals surface area contributed by atoms with Crippen molar-refractivity contribution in [3.05, 3.63) is 0 Å². The molecule has 0 amide bonds. The molecule has 0 aliphatic rings. The Morgan fingerprint density at radius 2 is 1.88 bits per heavy atom. The van der Waals surface area contributed by atoms with Gasteiger partial charge in [-0.1, -0.05) is 6.92 Å². The van der Waals surface area contributed by atoms with Crippen molar-refractivity contribution in [1.29, 1.82) is 0 Å². The fraction of sp³-hybridized carbons (Fsp3) is 1.00. The van der Waals surface area contributed by atoms with E-state index in [0.29, 0.717) is 19.6 Å². The van der Waals surface area contributed by atoms with Crippen LogP contribution >= 0.6 is 0 Å². The van der Waals surface area contributed by atoms with Gasteiger partial charge in [-0.15, -0.1) is 0 Å². The smallest absolute Gasteiger partial charge is 0.261 e. The van der Waals surface area contributed by atoms with Gasteiger partial charge in [0.1, 0.15) is 6.61 Å². The molecule has 5 heteroatoms. The van der Waals surface area contributed by atoms with Crippen molar-refractivity contribution in [2.24, 2.45) is 0 Å². The zero-order valence-electron chi connectivity index (χ0n) is 10.3. The number of nitrogens with one attached hydrogen (secondary N) is 1. The van der Waals surface area contributed by atoms with Crippen molar-refractivity contribution < 1.29 is 18.3 Å². The van der Waals surface area contributed by atoms with E-state index in [9.17, 15) is 8.78 Å². The topological polar surface area (TPSA) is 30.5 Å². The summed E-state index contributed by atoms with van der Waals surface area (Å²) in [6.45, 7) is 7.22. The van der Waals surface area contributed by atoms with Crippen LogP contribution in [0.1, 0.15) is 27.2 Å². The number of halogens is 2. The van der Waals surface area contributed by atoms with Crippen molar-refractivity contribution in [1.82, 2.24) is 5.32 Å². The molecule has 0 saturated heterocycles. The molecule has 98 valence electrons. The normalized spacial score (nSPS) is 13.7. The van der Waals surface area contributed by atoms with Crippen molar-refractivity contribution >= 4 is 0 Å². The van der Waals surface area contributed by atoms with Crippen LogP contribution < -0.4 is 5.32 Å². The van der Waals surface area contributed by atoms with E-state index in [4.69, 9.17) is 9.47 Å². The molecule has 0 bridgehead atoms. The molecule has 0 aromatic carbocycles. The first-order valence-corrected chi connectivity index (χ1v) is 5.77. The maximum atomic E-state index is 11.8. The van der Waals surface area contributed by atoms with Gasteiger partial charge in [-0.3, -0.25) is 0 Å². The number of alkyl halides is 2. The van der Waals surface area contributed by atoms with E-state index < -0.39 is 13.0 Å². The van der Waals surface area contributed by atoms with Gasteiger partial charge in [-0.2, -0.15) is 0 Å². The molecule has 0 fully saturated rings. The minimum atomic E-state index is -2.38. The van der Waals surface area contributed by atoms with E-state index in [2.05, 4.69) is 5.32 Å². The molecule has 1 atom stereocenters. The maximum absolute atomic E-state index is 11.8. The highest BCUT2D eigenvalue weighted by atomic mass is 19.3. The lowest BCUT2D eigenvalue weighted by atomic mass is 10.2. The second kappa shape index (κ2) is 9.93. The average molecular weight is 239 g/mol. The Morgan fingerprint density at radius 3 is 2.38 bits per heavy atom. The van der Waals surface area contributed by atoms with Crippen LogP contribution in [-0.4, -0.2) is 44.9 Å². The van der Waals surface area contributed by atoms with Crippen LogP contribution in [0, 0.1) is 0 Å². The highest BCUT2D eigenvalue weighted by Gasteiger charge is 2.09. The number of rotatable bonds is 10. The largest absolute Gasteiger partial charge is 0.377 e. The summed E-state index contributed by atoms with van der Waals surface area (Å²) in [7, 11) is 0. The van der Waals surface area contributed by atoms with Gasteiger partial charge < -0.3 is 14.8 Å². The summed E-state index contributed by atoms with van der Waals surface area (Å²) in [5, 5.41) is 3.23. The number of ether oxygens (including phenoxy) is 2. The maximum Gasteiger partial charge on any atom is 0.261 e. The van der Waals surface area contributed by atoms with Crippen LogP contribution in [0.15, 0.2) is 0 Å². The Morgan fingerprint density at radius 1 is 1.19 bits per heavy atom. The Bertz CT molecular complexity index is 157. The molecule has 16 heavy (non-hydrogen) atoms. The number of hydrogen-bond acceptors (Lipinski definition) is 3. The van der Waals surface area contributed by atoms with Crippen LogP contribution in [0.4, 0.5) is 8.78 Å². The summed E-state index contributed by atoms with van der Waals surface area (Å²) >= 11 is 0. The van der Waals surface area contributed by atoms with E-state index in [1.807, 2.05) is 20.8 Å². The molecule has 1 unspecified atom stereocenters. The van der Waals surface area contributed by atoms with Crippen molar-refractivity contribution in [2.75, 3.05) is 26.4 Å². The van der Waals surface area contributed by atoms with Crippen molar-refractivity contribution in [2.45, 2.75) is 45.8 Å². The second-order valence-corrected chi connectivity index (χ2v) is 3.89. The SMILES string of the molecule is CCNC(CCOCC(F)F)COC(C)C. The van der Waals surface area contributed by atoms with Gasteiger partial charge in [0, 0.05) is 12.6 Å². The van der Waals surface area contributed by atoms with Crippen LogP contribution in [0.3, 0.4) is 0 Å². The molecule has 3 nitrogen and oxygen atoms in total. The molecule has 0 aromatic rings. The first kappa shape index (κ1) is 15.7. The van der Waals surface area contributed by atoms with E-state index in [-0.39, 0.29) is 12.1 Å². The third-order valence-electron chi connectivity index (χ3n) is 1.98. The van der Waals surface area contributed by atoms with Crippen LogP contribution in [0.5, 0.6) is 0 Å². The summed E-state index contributed by atoms with van der Waals surface area (Å²) in [5.74, 6) is 0. The zero-order chi connectivity index (χ0) is 12.4. The van der Waals surface area contributed by atoms with Gasteiger partial charge in [0.2, 0.25) is 0 Å². The van der Waals surface area contributed by atoms with Crippen LogP contribution in [0.2, 0.25) is 0 Å². The third kappa shape index (κ3) is 10.3. The minimum Gasteiger partial charge on any atom is -0.377 e. The number of hydrogen-bond donors (Lipinski definition) is 1. The van der Waals surface area contributed by atoms with E-state index in [1.54, 1.807) is 0 Å². The van der Waals surface area contributed by atoms with Crippen molar-refractivity contribution in [3.63, 3.8) is 0 Å². The minimum absolute atomic E-state index is 0.171. The molecule has 1 N–H and O–H groups in total. The molecule has 0 aromatic heterocycles. The zero-order valence-corrected chi connectivity index (χ0v) is 10.3. The molecule has 0 heterocycles. The molecule has 0 saturated carbocycles. The van der Waals surface area contributed by atoms with Crippen LogP contribution in [-0.2, 0) is 9.47 Å². The molecular weight excluding hydrogens is 216 g/mol. The Hall–Kier alpha value is -0.260. The van der Waals surface area contributed by atoms with Crippen molar-refractivity contribution in [3.8, 4) is 0 Å². The Kier molecular flexibility index (Phi) is 9.77. The fourth-order valence-electron chi connectivity index (χ4n) is 1.24. The first-order chi connectivity index (χ1) is 7.56. The lowest BCUT2D eigenvalue weighted by Crippen LogP contribution is -2.35. The van der Waals surface area contributed by atoms with E-state index in [1.165, 1.54) is 0 Å². The summed E-state index contributed by atoms with van der Waals surface area (Å²) in [5.41, 5.74) is 0. The second-order valence-electron chi connectivity index (χ2n) is 3.89. The Balaban J connectivity index is 3.59. The van der Waals surface area contributed by atoms with Gasteiger partial charge in [-0.25, -0.2) is 8.78 Å². The third-order valence-corrected chi connectivity index (χ3v) is 1.98. The molecular formula is C11H23F2NO2. The van der Waals surface area contributed by atoms with Crippen LogP contribution in [0.25, 0.3) is 0 Å². The van der Waals surface area contributed by atoms with E-state index >= 15 is 0 Å². The highest BCUT2D eigenvalue weighted by Crippen LogP contribution is 1.99. The van der Waals surface area contributed by atoms with Gasteiger partial charge in [0.25, 0.3) is 6.43 Å². The predicted molar refractivity (Wildman–Crippen MR) is 60.0 cm³/mol. The summed E-state index contributed by atoms with van der Waals surface area (Å²) in [4.78, 5) is 0. The molecule has 0 aliphatic heterocycles. The van der Waals surface area contributed by atoms with Gasteiger partial charge in [0.05, 0.1) is 12.7 Å². The standard InChI is InChI=1S/C11H23F2NO2/c1-4-14-10(7-16-9(2)3)5-6-15-8-11(12)13/h9-11,14H,4-8H2,1-3H3. The van der Waals surface area contributed by atoms with Gasteiger partial charge in [0.15, 0.2) is 0 Å². The average Bonchev–Trinajstić information content (AvgIpc) is 2.20. The molecule has 0 radical (unpaired) electrons. The summed E-state index contributed by atoms with van der Waals surface area (Å²) in [6.07, 6.45) is -1.51. The lowest BCUT2D eigenvalue weighted by Gasteiger charge is -2.19. The summed E-state index contributed by atoms with van der Waals surface area (Å²) in [6, 6.07) is 0.171. The summed E-state index contributed by atoms with van der Waals surface area (Å²) < 4.78 is 33.9. The molecule has 0 aliphatic carbocycles. The van der Waals surface area contributed by atoms with Gasteiger partial charge in [-0.05, 0) is 26.8 Å². The van der Waals surface area contributed by atoms with E-state index in [0.717, 1.165) is 6.54 Å². The lowest BCUT2D eigenvalue weighted by molar-refractivity contribution is 0.00704. The Labute approximate surface area is 96.5 Å². The monoisotopic (exact) mass is 239 g/mol. The quantitative estimate of drug-likeness (QED) is 0.592. The van der Waals surface area contributed by atoms with Gasteiger partial charge >= 0.3 is 0 Å².